The Morgan fingerprint density at radius 3 is 2.67 bits per heavy atom. The summed E-state index contributed by atoms with van der Waals surface area (Å²) in [5.41, 5.74) is 0.769. The highest BCUT2D eigenvalue weighted by molar-refractivity contribution is 6.30. The highest BCUT2D eigenvalue weighted by Gasteiger charge is 2.11. The first-order valence-electron chi connectivity index (χ1n) is 5.99. The molecule has 0 unspecified atom stereocenters. The molecule has 0 aliphatic carbocycles. The Balaban J connectivity index is 2.13. The van der Waals surface area contributed by atoms with Crippen LogP contribution in [0.1, 0.15) is 15.9 Å². The van der Waals surface area contributed by atoms with Gasteiger partial charge in [-0.1, -0.05) is 17.7 Å². The molecule has 21 heavy (non-hydrogen) atoms. The van der Waals surface area contributed by atoms with Gasteiger partial charge in [0.05, 0.1) is 12.1 Å². The SMILES string of the molecule is COc1cc(COc2ccc(Cl)c(F)c2)ccc1C(=O)O. The van der Waals surface area contributed by atoms with Gasteiger partial charge in [0.1, 0.15) is 29.5 Å². The average Bonchev–Trinajstić information content (AvgIpc) is 2.48. The van der Waals surface area contributed by atoms with Crippen molar-refractivity contribution in [1.82, 2.24) is 0 Å². The van der Waals surface area contributed by atoms with E-state index in [4.69, 9.17) is 26.2 Å². The van der Waals surface area contributed by atoms with Gasteiger partial charge in [-0.05, 0) is 29.8 Å². The third-order valence-corrected chi connectivity index (χ3v) is 3.10. The number of carboxylic acid groups (broad SMARTS) is 1. The number of halogens is 2. The molecule has 110 valence electrons. The van der Waals surface area contributed by atoms with E-state index in [9.17, 15) is 9.18 Å². The molecule has 4 nitrogen and oxygen atoms in total. The lowest BCUT2D eigenvalue weighted by molar-refractivity contribution is 0.0693. The van der Waals surface area contributed by atoms with Crippen LogP contribution in [0.15, 0.2) is 36.4 Å². The Morgan fingerprint density at radius 1 is 1.29 bits per heavy atom. The molecule has 0 aromatic heterocycles. The predicted molar refractivity (Wildman–Crippen MR) is 75.7 cm³/mol. The van der Waals surface area contributed by atoms with Gasteiger partial charge in [-0.15, -0.1) is 0 Å². The van der Waals surface area contributed by atoms with Crippen LogP contribution in [0.5, 0.6) is 11.5 Å². The van der Waals surface area contributed by atoms with Gasteiger partial charge in [0.15, 0.2) is 0 Å². The maximum Gasteiger partial charge on any atom is 0.339 e. The average molecular weight is 311 g/mol. The second kappa shape index (κ2) is 6.45. The van der Waals surface area contributed by atoms with Gasteiger partial charge in [0.25, 0.3) is 0 Å². The standard InChI is InChI=1S/C15H12ClFO4/c1-20-14-6-9(2-4-11(14)15(18)19)8-21-10-3-5-12(16)13(17)7-10/h2-7H,8H2,1H3,(H,18,19). The minimum atomic E-state index is -1.07. The van der Waals surface area contributed by atoms with E-state index in [1.165, 1.54) is 25.3 Å². The van der Waals surface area contributed by atoms with Crippen molar-refractivity contribution in [3.05, 3.63) is 58.4 Å². The van der Waals surface area contributed by atoms with Crippen molar-refractivity contribution in [1.29, 1.82) is 0 Å². The molecule has 1 N–H and O–H groups in total. The fourth-order valence-electron chi connectivity index (χ4n) is 1.74. The second-order valence-electron chi connectivity index (χ2n) is 4.20. The van der Waals surface area contributed by atoms with Gasteiger partial charge in [-0.2, -0.15) is 0 Å². The highest BCUT2D eigenvalue weighted by atomic mass is 35.5. The smallest absolute Gasteiger partial charge is 0.339 e. The van der Waals surface area contributed by atoms with Crippen LogP contribution in [0.2, 0.25) is 5.02 Å². The molecule has 0 heterocycles. The van der Waals surface area contributed by atoms with Gasteiger partial charge in [-0.3, -0.25) is 0 Å². The number of carbonyl (C=O) groups is 1. The van der Waals surface area contributed by atoms with E-state index in [1.807, 2.05) is 0 Å². The van der Waals surface area contributed by atoms with E-state index in [0.29, 0.717) is 11.3 Å². The van der Waals surface area contributed by atoms with Crippen molar-refractivity contribution < 1.29 is 23.8 Å². The van der Waals surface area contributed by atoms with Crippen LogP contribution in [-0.4, -0.2) is 18.2 Å². The highest BCUT2D eigenvalue weighted by Crippen LogP contribution is 2.23. The van der Waals surface area contributed by atoms with Crippen LogP contribution in [0.4, 0.5) is 4.39 Å². The molecule has 0 amide bonds. The van der Waals surface area contributed by atoms with E-state index in [1.54, 1.807) is 18.2 Å². The van der Waals surface area contributed by atoms with E-state index in [2.05, 4.69) is 0 Å². The van der Waals surface area contributed by atoms with Crippen molar-refractivity contribution >= 4 is 17.6 Å². The molecule has 2 aromatic carbocycles. The quantitative estimate of drug-likeness (QED) is 0.913. The summed E-state index contributed by atoms with van der Waals surface area (Å²) in [7, 11) is 1.39. The minimum Gasteiger partial charge on any atom is -0.496 e. The first-order chi connectivity index (χ1) is 10.0. The molecule has 0 atom stereocenters. The summed E-state index contributed by atoms with van der Waals surface area (Å²) >= 11 is 5.58. The molecule has 0 spiro atoms. The first kappa shape index (κ1) is 15.1. The Kier molecular flexibility index (Phi) is 4.65. The molecule has 0 aliphatic rings. The van der Waals surface area contributed by atoms with Crippen molar-refractivity contribution in [2.45, 2.75) is 6.61 Å². The van der Waals surface area contributed by atoms with Crippen LogP contribution < -0.4 is 9.47 Å². The summed E-state index contributed by atoms with van der Waals surface area (Å²) in [6.07, 6.45) is 0. The number of ether oxygens (including phenoxy) is 2. The van der Waals surface area contributed by atoms with Crippen LogP contribution >= 0.6 is 11.6 Å². The van der Waals surface area contributed by atoms with Crippen molar-refractivity contribution in [2.75, 3.05) is 7.11 Å². The van der Waals surface area contributed by atoms with Gasteiger partial charge < -0.3 is 14.6 Å². The molecule has 0 bridgehead atoms. The van der Waals surface area contributed by atoms with Gasteiger partial charge in [0.2, 0.25) is 0 Å². The lowest BCUT2D eigenvalue weighted by Crippen LogP contribution is -2.02. The molecule has 2 aromatic rings. The molecule has 0 radical (unpaired) electrons. The topological polar surface area (TPSA) is 55.8 Å². The number of benzene rings is 2. The number of methoxy groups -OCH3 is 1. The van der Waals surface area contributed by atoms with Crippen LogP contribution in [0, 0.1) is 5.82 Å². The van der Waals surface area contributed by atoms with Gasteiger partial charge in [0, 0.05) is 6.07 Å². The minimum absolute atomic E-state index is 0.0230. The second-order valence-corrected chi connectivity index (χ2v) is 4.61. The monoisotopic (exact) mass is 310 g/mol. The maximum absolute atomic E-state index is 13.3. The van der Waals surface area contributed by atoms with Gasteiger partial charge in [-0.25, -0.2) is 9.18 Å². The third-order valence-electron chi connectivity index (χ3n) is 2.79. The largest absolute Gasteiger partial charge is 0.496 e. The van der Waals surface area contributed by atoms with Gasteiger partial charge >= 0.3 is 5.97 Å². The molecule has 0 saturated carbocycles. The third kappa shape index (κ3) is 3.64. The normalized spacial score (nSPS) is 10.2. The van der Waals surface area contributed by atoms with E-state index in [0.717, 1.165) is 0 Å². The summed E-state index contributed by atoms with van der Waals surface area (Å²) < 4.78 is 23.7. The van der Waals surface area contributed by atoms with Crippen LogP contribution in [0.3, 0.4) is 0 Å². The maximum atomic E-state index is 13.3. The fraction of sp³-hybridized carbons (Fsp3) is 0.133. The Bertz CT molecular complexity index is 673. The number of rotatable bonds is 5. The number of hydrogen-bond acceptors (Lipinski definition) is 3. The summed E-state index contributed by atoms with van der Waals surface area (Å²) in [5, 5.41) is 9.01. The molecule has 0 saturated heterocycles. The fourth-order valence-corrected chi connectivity index (χ4v) is 1.85. The summed E-state index contributed by atoms with van der Waals surface area (Å²) in [5.74, 6) is -1.06. The zero-order chi connectivity index (χ0) is 15.4. The number of carboxylic acids is 1. The van der Waals surface area contributed by atoms with Crippen LogP contribution in [0.25, 0.3) is 0 Å². The first-order valence-corrected chi connectivity index (χ1v) is 6.37. The lowest BCUT2D eigenvalue weighted by atomic mass is 10.1. The van der Waals surface area contributed by atoms with Crippen LogP contribution in [-0.2, 0) is 6.61 Å². The lowest BCUT2D eigenvalue weighted by Gasteiger charge is -2.10. The molecule has 0 aliphatic heterocycles. The Labute approximate surface area is 125 Å². The van der Waals surface area contributed by atoms with E-state index >= 15 is 0 Å². The van der Waals surface area contributed by atoms with Crippen molar-refractivity contribution in [3.63, 3.8) is 0 Å². The predicted octanol–water partition coefficient (Wildman–Crippen LogP) is 3.76. The molecular formula is C15H12ClFO4. The van der Waals surface area contributed by atoms with E-state index in [-0.39, 0.29) is 22.9 Å². The summed E-state index contributed by atoms with van der Waals surface area (Å²) in [6, 6.07) is 8.75. The van der Waals surface area contributed by atoms with Crippen molar-refractivity contribution in [3.8, 4) is 11.5 Å². The number of hydrogen-bond donors (Lipinski definition) is 1. The summed E-state index contributed by atoms with van der Waals surface area (Å²) in [4.78, 5) is 11.0. The zero-order valence-electron chi connectivity index (χ0n) is 11.1. The summed E-state index contributed by atoms with van der Waals surface area (Å²) in [6.45, 7) is 0.150. The molecule has 6 heteroatoms. The molecular weight excluding hydrogens is 299 g/mol. The zero-order valence-corrected chi connectivity index (χ0v) is 11.9. The molecule has 0 fully saturated rings. The number of aromatic carboxylic acids is 1. The van der Waals surface area contributed by atoms with Crippen molar-refractivity contribution in [2.24, 2.45) is 0 Å². The molecule has 2 rings (SSSR count). The van der Waals surface area contributed by atoms with E-state index < -0.39 is 11.8 Å². The Hall–Kier alpha value is -2.27. The Morgan fingerprint density at radius 2 is 2.05 bits per heavy atom.